The second-order valence-corrected chi connectivity index (χ2v) is 4.06. The molecule has 0 aliphatic heterocycles. The number of ether oxygens (including phenoxy) is 3. The van der Waals surface area contributed by atoms with Crippen LogP contribution < -0.4 is 10.1 Å². The second-order valence-electron chi connectivity index (χ2n) is 4.06. The first kappa shape index (κ1) is 16.3. The molecular formula is C14H21NO5. The van der Waals surface area contributed by atoms with Gasteiger partial charge in [0.2, 0.25) is 0 Å². The summed E-state index contributed by atoms with van der Waals surface area (Å²) in [6.07, 6.45) is 0. The Labute approximate surface area is 118 Å². The first-order valence-corrected chi connectivity index (χ1v) is 6.39. The molecule has 0 heterocycles. The van der Waals surface area contributed by atoms with Crippen LogP contribution in [0.5, 0.6) is 11.5 Å². The molecule has 0 bridgehead atoms. The van der Waals surface area contributed by atoms with Gasteiger partial charge in [-0.05, 0) is 24.6 Å². The van der Waals surface area contributed by atoms with E-state index in [1.807, 2.05) is 0 Å². The Kier molecular flexibility index (Phi) is 6.83. The number of carbonyl (C=O) groups excluding carboxylic acids is 1. The molecule has 0 aromatic heterocycles. The van der Waals surface area contributed by atoms with Gasteiger partial charge in [0.15, 0.2) is 11.5 Å². The maximum Gasteiger partial charge on any atom is 0.327 e. The predicted molar refractivity (Wildman–Crippen MR) is 73.9 cm³/mol. The van der Waals surface area contributed by atoms with Crippen LogP contribution in [0, 0.1) is 0 Å². The fourth-order valence-electron chi connectivity index (χ4n) is 1.75. The molecule has 0 fully saturated rings. The zero-order valence-corrected chi connectivity index (χ0v) is 12.0. The molecule has 1 aromatic rings. The van der Waals surface area contributed by atoms with Gasteiger partial charge in [0.25, 0.3) is 0 Å². The average molecular weight is 283 g/mol. The Morgan fingerprint density at radius 1 is 1.40 bits per heavy atom. The first-order valence-electron chi connectivity index (χ1n) is 6.39. The van der Waals surface area contributed by atoms with E-state index in [0.29, 0.717) is 31.1 Å². The van der Waals surface area contributed by atoms with E-state index in [9.17, 15) is 9.90 Å². The highest BCUT2D eigenvalue weighted by Crippen LogP contribution is 2.29. The molecule has 6 nitrogen and oxygen atoms in total. The number of nitrogens with one attached hydrogen (secondary N) is 1. The summed E-state index contributed by atoms with van der Waals surface area (Å²) in [5.41, 5.74) is 0.609. The highest BCUT2D eigenvalue weighted by molar-refractivity contribution is 5.78. The molecule has 0 aliphatic carbocycles. The van der Waals surface area contributed by atoms with E-state index in [-0.39, 0.29) is 5.75 Å². The molecule has 1 aromatic carbocycles. The lowest BCUT2D eigenvalue weighted by atomic mass is 10.1. The van der Waals surface area contributed by atoms with Gasteiger partial charge in [-0.3, -0.25) is 5.32 Å². The van der Waals surface area contributed by atoms with Crippen molar-refractivity contribution in [1.29, 1.82) is 0 Å². The highest BCUT2D eigenvalue weighted by Gasteiger charge is 2.22. The largest absolute Gasteiger partial charge is 0.504 e. The van der Waals surface area contributed by atoms with Crippen LogP contribution in [0.25, 0.3) is 0 Å². The predicted octanol–water partition coefficient (Wildman–Crippen LogP) is 1.24. The summed E-state index contributed by atoms with van der Waals surface area (Å²) >= 11 is 0. The van der Waals surface area contributed by atoms with Crippen molar-refractivity contribution < 1.29 is 24.1 Å². The van der Waals surface area contributed by atoms with Gasteiger partial charge in [-0.2, -0.15) is 0 Å². The summed E-state index contributed by atoms with van der Waals surface area (Å²) in [4.78, 5) is 12.0. The third-order valence-electron chi connectivity index (χ3n) is 2.71. The fraction of sp³-hybridized carbons (Fsp3) is 0.500. The van der Waals surface area contributed by atoms with Crippen LogP contribution in [0.15, 0.2) is 18.2 Å². The Morgan fingerprint density at radius 2 is 2.15 bits per heavy atom. The number of benzene rings is 1. The van der Waals surface area contributed by atoms with Gasteiger partial charge in [0.05, 0.1) is 20.3 Å². The monoisotopic (exact) mass is 283 g/mol. The lowest BCUT2D eigenvalue weighted by Gasteiger charge is -2.18. The maximum absolute atomic E-state index is 12.0. The number of hydrogen-bond donors (Lipinski definition) is 2. The molecule has 6 heteroatoms. The number of esters is 1. The summed E-state index contributed by atoms with van der Waals surface area (Å²) in [5, 5.41) is 12.8. The van der Waals surface area contributed by atoms with Gasteiger partial charge < -0.3 is 19.3 Å². The molecule has 1 unspecified atom stereocenters. The third-order valence-corrected chi connectivity index (χ3v) is 2.71. The van der Waals surface area contributed by atoms with Gasteiger partial charge >= 0.3 is 5.97 Å². The standard InChI is InChI=1S/C14H21NO5/c1-4-20-14(17)13(15-7-8-18-2)10-5-6-12(19-3)11(16)9-10/h5-6,9,13,15-16H,4,7-8H2,1-3H3. The number of rotatable bonds is 8. The number of carbonyl (C=O) groups is 1. The summed E-state index contributed by atoms with van der Waals surface area (Å²) in [7, 11) is 3.05. The Hall–Kier alpha value is -1.79. The van der Waals surface area contributed by atoms with Gasteiger partial charge in [-0.1, -0.05) is 6.07 Å². The van der Waals surface area contributed by atoms with Crippen molar-refractivity contribution in [2.45, 2.75) is 13.0 Å². The third kappa shape index (κ3) is 4.40. The zero-order valence-electron chi connectivity index (χ0n) is 12.0. The van der Waals surface area contributed by atoms with Crippen molar-refractivity contribution in [2.24, 2.45) is 0 Å². The van der Waals surface area contributed by atoms with E-state index in [1.54, 1.807) is 26.2 Å². The lowest BCUT2D eigenvalue weighted by Crippen LogP contribution is -2.32. The molecule has 0 radical (unpaired) electrons. The number of phenolic OH excluding ortho intramolecular Hbond substituents is 1. The van der Waals surface area contributed by atoms with E-state index in [2.05, 4.69) is 5.32 Å². The van der Waals surface area contributed by atoms with Crippen LogP contribution in [-0.2, 0) is 14.3 Å². The van der Waals surface area contributed by atoms with Crippen molar-refractivity contribution in [3.63, 3.8) is 0 Å². The van der Waals surface area contributed by atoms with Crippen LogP contribution in [0.1, 0.15) is 18.5 Å². The minimum absolute atomic E-state index is 0.0205. The Balaban J connectivity index is 2.90. The van der Waals surface area contributed by atoms with Gasteiger partial charge in [0.1, 0.15) is 6.04 Å². The summed E-state index contributed by atoms with van der Waals surface area (Å²) in [6, 6.07) is 4.15. The zero-order chi connectivity index (χ0) is 15.0. The highest BCUT2D eigenvalue weighted by atomic mass is 16.5. The molecule has 0 saturated carbocycles. The van der Waals surface area contributed by atoms with Crippen molar-refractivity contribution in [1.82, 2.24) is 5.32 Å². The summed E-state index contributed by atoms with van der Waals surface area (Å²) < 4.78 is 15.0. The SMILES string of the molecule is CCOC(=O)C(NCCOC)c1ccc(OC)c(O)c1. The van der Waals surface area contributed by atoms with Gasteiger partial charge in [0, 0.05) is 13.7 Å². The van der Waals surface area contributed by atoms with Gasteiger partial charge in [-0.15, -0.1) is 0 Å². The molecule has 1 rings (SSSR count). The molecule has 2 N–H and O–H groups in total. The fourth-order valence-corrected chi connectivity index (χ4v) is 1.75. The van der Waals surface area contributed by atoms with E-state index >= 15 is 0 Å². The summed E-state index contributed by atoms with van der Waals surface area (Å²) in [5.74, 6) is -0.0609. The minimum atomic E-state index is -0.651. The normalized spacial score (nSPS) is 11.9. The van der Waals surface area contributed by atoms with E-state index in [0.717, 1.165) is 0 Å². The maximum atomic E-state index is 12.0. The number of phenols is 1. The van der Waals surface area contributed by atoms with Crippen molar-refractivity contribution >= 4 is 5.97 Å². The average Bonchev–Trinajstić information content (AvgIpc) is 2.44. The van der Waals surface area contributed by atoms with E-state index in [1.165, 1.54) is 13.2 Å². The van der Waals surface area contributed by atoms with Crippen LogP contribution in [0.3, 0.4) is 0 Å². The Bertz CT molecular complexity index is 436. The molecule has 0 amide bonds. The van der Waals surface area contributed by atoms with Crippen LogP contribution in [-0.4, -0.2) is 45.1 Å². The lowest BCUT2D eigenvalue weighted by molar-refractivity contribution is -0.145. The Morgan fingerprint density at radius 3 is 2.70 bits per heavy atom. The van der Waals surface area contributed by atoms with Crippen molar-refractivity contribution in [3.05, 3.63) is 23.8 Å². The number of aromatic hydroxyl groups is 1. The van der Waals surface area contributed by atoms with Crippen molar-refractivity contribution in [2.75, 3.05) is 34.0 Å². The molecule has 0 saturated heterocycles. The van der Waals surface area contributed by atoms with Crippen LogP contribution in [0.2, 0.25) is 0 Å². The minimum Gasteiger partial charge on any atom is -0.504 e. The van der Waals surface area contributed by atoms with Crippen molar-refractivity contribution in [3.8, 4) is 11.5 Å². The first-order chi connectivity index (χ1) is 9.63. The van der Waals surface area contributed by atoms with E-state index in [4.69, 9.17) is 14.2 Å². The molecule has 1 atom stereocenters. The molecule has 0 spiro atoms. The second kappa shape index (κ2) is 8.39. The summed E-state index contributed by atoms with van der Waals surface area (Å²) in [6.45, 7) is 3.00. The number of methoxy groups -OCH3 is 2. The molecular weight excluding hydrogens is 262 g/mol. The van der Waals surface area contributed by atoms with Gasteiger partial charge in [-0.25, -0.2) is 4.79 Å². The van der Waals surface area contributed by atoms with Crippen LogP contribution in [0.4, 0.5) is 0 Å². The molecule has 0 aliphatic rings. The molecule has 20 heavy (non-hydrogen) atoms. The van der Waals surface area contributed by atoms with Crippen LogP contribution >= 0.6 is 0 Å². The topological polar surface area (TPSA) is 77.0 Å². The van der Waals surface area contributed by atoms with E-state index < -0.39 is 12.0 Å². The number of hydrogen-bond acceptors (Lipinski definition) is 6. The smallest absolute Gasteiger partial charge is 0.327 e. The molecule has 112 valence electrons. The quantitative estimate of drug-likeness (QED) is 0.552.